The van der Waals surface area contributed by atoms with Crippen LogP contribution in [-0.2, 0) is 9.59 Å². The van der Waals surface area contributed by atoms with Crippen LogP contribution in [0.15, 0.2) is 0 Å². The second-order valence-corrected chi connectivity index (χ2v) is 3.67. The molecule has 82 valence electrons. The normalized spacial score (nSPS) is 19.0. The summed E-state index contributed by atoms with van der Waals surface area (Å²) in [6.07, 6.45) is 5.76. The molecule has 14 heavy (non-hydrogen) atoms. The van der Waals surface area contributed by atoms with Crippen LogP contribution >= 0.6 is 0 Å². The van der Waals surface area contributed by atoms with Crippen LogP contribution in [0.3, 0.4) is 0 Å². The maximum atomic E-state index is 9.37. The molecule has 0 heterocycles. The van der Waals surface area contributed by atoms with Crippen molar-refractivity contribution in [2.75, 3.05) is 0 Å². The molecule has 5 nitrogen and oxygen atoms in total. The third-order valence-corrected chi connectivity index (χ3v) is 2.11. The number of hydrogen-bond donors (Lipinski definition) is 3. The molecule has 0 amide bonds. The fourth-order valence-electron chi connectivity index (χ4n) is 1.31. The molecule has 0 radical (unpaired) electrons. The molecule has 0 aliphatic heterocycles. The van der Waals surface area contributed by atoms with Crippen LogP contribution in [0.4, 0.5) is 0 Å². The van der Waals surface area contributed by atoms with Gasteiger partial charge in [0.2, 0.25) is 0 Å². The van der Waals surface area contributed by atoms with Crippen molar-refractivity contribution < 1.29 is 24.9 Å². The molecule has 1 saturated carbocycles. The molecule has 1 fully saturated rings. The summed E-state index contributed by atoms with van der Waals surface area (Å²) in [6.45, 7) is 1.94. The van der Waals surface area contributed by atoms with Crippen molar-refractivity contribution in [1.82, 2.24) is 0 Å². The molecule has 1 rings (SSSR count). The number of carbonyl (C=O) groups is 2. The summed E-state index contributed by atoms with van der Waals surface area (Å²) >= 11 is 0. The lowest BCUT2D eigenvalue weighted by atomic mass is 9.87. The van der Waals surface area contributed by atoms with Gasteiger partial charge in [-0.1, -0.05) is 19.3 Å². The zero-order chi connectivity index (χ0) is 11.2. The van der Waals surface area contributed by atoms with Crippen molar-refractivity contribution in [2.45, 2.75) is 44.6 Å². The first kappa shape index (κ1) is 12.9. The Bertz CT molecular complexity index is 189. The van der Waals surface area contributed by atoms with Gasteiger partial charge in [0, 0.05) is 0 Å². The summed E-state index contributed by atoms with van der Waals surface area (Å²) in [7, 11) is 0. The summed E-state index contributed by atoms with van der Waals surface area (Å²) in [5.74, 6) is -3.65. The Morgan fingerprint density at radius 1 is 1.00 bits per heavy atom. The molecule has 0 aromatic carbocycles. The topological polar surface area (TPSA) is 94.8 Å². The zero-order valence-electron chi connectivity index (χ0n) is 8.19. The Balaban J connectivity index is 0.000000255. The van der Waals surface area contributed by atoms with E-state index in [0.717, 1.165) is 12.8 Å². The summed E-state index contributed by atoms with van der Waals surface area (Å²) in [6, 6.07) is 0. The molecule has 3 N–H and O–H groups in total. The predicted molar refractivity (Wildman–Crippen MR) is 49.0 cm³/mol. The van der Waals surface area contributed by atoms with Gasteiger partial charge in [-0.25, -0.2) is 9.59 Å². The fraction of sp³-hybridized carbons (Fsp3) is 0.778. The second kappa shape index (κ2) is 5.59. The van der Waals surface area contributed by atoms with Crippen molar-refractivity contribution in [1.29, 1.82) is 0 Å². The maximum Gasteiger partial charge on any atom is 0.414 e. The van der Waals surface area contributed by atoms with E-state index in [1.165, 1.54) is 19.3 Å². The van der Waals surface area contributed by atoms with Crippen molar-refractivity contribution in [3.8, 4) is 0 Å². The van der Waals surface area contributed by atoms with Crippen LogP contribution in [0.25, 0.3) is 0 Å². The van der Waals surface area contributed by atoms with Gasteiger partial charge in [-0.2, -0.15) is 0 Å². The largest absolute Gasteiger partial charge is 0.473 e. The molecule has 0 unspecified atom stereocenters. The summed E-state index contributed by atoms with van der Waals surface area (Å²) in [4.78, 5) is 18.2. The van der Waals surface area contributed by atoms with Crippen LogP contribution in [-0.4, -0.2) is 32.9 Å². The highest BCUT2D eigenvalue weighted by Crippen LogP contribution is 2.26. The lowest BCUT2D eigenvalue weighted by Gasteiger charge is -2.27. The first-order chi connectivity index (χ1) is 6.35. The first-order valence-corrected chi connectivity index (χ1v) is 4.54. The minimum atomic E-state index is -1.82. The molecule has 0 bridgehead atoms. The van der Waals surface area contributed by atoms with Gasteiger partial charge in [-0.15, -0.1) is 0 Å². The molecule has 0 spiro atoms. The van der Waals surface area contributed by atoms with E-state index in [9.17, 15) is 5.11 Å². The van der Waals surface area contributed by atoms with Gasteiger partial charge >= 0.3 is 11.9 Å². The summed E-state index contributed by atoms with van der Waals surface area (Å²) < 4.78 is 0. The molecule has 0 atom stereocenters. The number of carboxylic acid groups (broad SMARTS) is 2. The van der Waals surface area contributed by atoms with E-state index in [2.05, 4.69) is 0 Å². The van der Waals surface area contributed by atoms with Gasteiger partial charge in [-0.3, -0.25) is 0 Å². The first-order valence-electron chi connectivity index (χ1n) is 4.54. The lowest BCUT2D eigenvalue weighted by Crippen LogP contribution is -2.26. The minimum absolute atomic E-state index is 0.321. The number of aliphatic hydroxyl groups is 1. The van der Waals surface area contributed by atoms with E-state index in [4.69, 9.17) is 19.8 Å². The Kier molecular flexibility index (Phi) is 5.15. The van der Waals surface area contributed by atoms with E-state index in [0.29, 0.717) is 0 Å². The SMILES string of the molecule is CC1(O)CCCCC1.O=C(O)C(=O)O. The molecule has 1 aliphatic rings. The van der Waals surface area contributed by atoms with E-state index in [-0.39, 0.29) is 5.60 Å². The lowest BCUT2D eigenvalue weighted by molar-refractivity contribution is -0.159. The van der Waals surface area contributed by atoms with Crippen molar-refractivity contribution in [3.05, 3.63) is 0 Å². The fourth-order valence-corrected chi connectivity index (χ4v) is 1.31. The van der Waals surface area contributed by atoms with E-state index in [1.54, 1.807) is 0 Å². The van der Waals surface area contributed by atoms with Crippen molar-refractivity contribution in [3.63, 3.8) is 0 Å². The Morgan fingerprint density at radius 2 is 1.36 bits per heavy atom. The number of carboxylic acids is 2. The molecule has 0 saturated heterocycles. The van der Waals surface area contributed by atoms with Gasteiger partial charge in [0.15, 0.2) is 0 Å². The van der Waals surface area contributed by atoms with E-state index >= 15 is 0 Å². The van der Waals surface area contributed by atoms with Gasteiger partial charge in [0.05, 0.1) is 5.60 Å². The molecule has 1 aliphatic carbocycles. The monoisotopic (exact) mass is 204 g/mol. The highest BCUT2D eigenvalue weighted by atomic mass is 16.4. The average Bonchev–Trinajstić information content (AvgIpc) is 2.04. The predicted octanol–water partition coefficient (Wildman–Crippen LogP) is 0.857. The molecule has 0 aromatic rings. The smallest absolute Gasteiger partial charge is 0.414 e. The van der Waals surface area contributed by atoms with Crippen molar-refractivity contribution >= 4 is 11.9 Å². The van der Waals surface area contributed by atoms with Crippen LogP contribution in [0.1, 0.15) is 39.0 Å². The standard InChI is InChI=1S/C7H14O.C2H2O4/c1-7(8)5-3-2-4-6-7;3-1(4)2(5)6/h8H,2-6H2,1H3;(H,3,4)(H,5,6). The van der Waals surface area contributed by atoms with Crippen LogP contribution < -0.4 is 0 Å². The van der Waals surface area contributed by atoms with E-state index < -0.39 is 11.9 Å². The third kappa shape index (κ3) is 6.42. The van der Waals surface area contributed by atoms with Crippen LogP contribution in [0.2, 0.25) is 0 Å². The molecule has 5 heteroatoms. The minimum Gasteiger partial charge on any atom is -0.473 e. The van der Waals surface area contributed by atoms with Crippen LogP contribution in [0.5, 0.6) is 0 Å². The number of aliphatic carboxylic acids is 2. The number of hydrogen-bond acceptors (Lipinski definition) is 3. The van der Waals surface area contributed by atoms with Crippen LogP contribution in [0, 0.1) is 0 Å². The van der Waals surface area contributed by atoms with E-state index in [1.807, 2.05) is 6.92 Å². The average molecular weight is 204 g/mol. The Hall–Kier alpha value is -1.10. The van der Waals surface area contributed by atoms with Gasteiger partial charge in [-0.05, 0) is 19.8 Å². The van der Waals surface area contributed by atoms with Gasteiger partial charge in [0.1, 0.15) is 0 Å². The second-order valence-electron chi connectivity index (χ2n) is 3.67. The molecular weight excluding hydrogens is 188 g/mol. The zero-order valence-corrected chi connectivity index (χ0v) is 8.19. The Morgan fingerprint density at radius 3 is 1.50 bits per heavy atom. The Labute approximate surface area is 82.4 Å². The third-order valence-electron chi connectivity index (χ3n) is 2.11. The van der Waals surface area contributed by atoms with Gasteiger partial charge < -0.3 is 15.3 Å². The molecular formula is C9H16O5. The number of rotatable bonds is 0. The summed E-state index contributed by atoms with van der Waals surface area (Å²) in [5.41, 5.74) is -0.321. The van der Waals surface area contributed by atoms with Crippen molar-refractivity contribution in [2.24, 2.45) is 0 Å². The quantitative estimate of drug-likeness (QED) is 0.508. The molecule has 0 aromatic heterocycles. The van der Waals surface area contributed by atoms with Gasteiger partial charge in [0.25, 0.3) is 0 Å². The highest BCUT2D eigenvalue weighted by molar-refractivity contribution is 6.27. The highest BCUT2D eigenvalue weighted by Gasteiger charge is 2.22. The maximum absolute atomic E-state index is 9.37. The summed E-state index contributed by atoms with van der Waals surface area (Å²) in [5, 5.41) is 24.2.